The Hall–Kier alpha value is -3.15. The van der Waals surface area contributed by atoms with E-state index in [1.807, 2.05) is 25.1 Å². The Balaban J connectivity index is 1.73. The average molecular weight is 366 g/mol. The fraction of sp³-hybridized carbons (Fsp3) is 0.286. The minimum atomic E-state index is -0.420. The van der Waals surface area contributed by atoms with Crippen molar-refractivity contribution in [1.82, 2.24) is 9.80 Å². The van der Waals surface area contributed by atoms with Gasteiger partial charge in [-0.25, -0.2) is 0 Å². The molecule has 0 aromatic heterocycles. The van der Waals surface area contributed by atoms with Crippen LogP contribution in [0.5, 0.6) is 5.75 Å². The summed E-state index contributed by atoms with van der Waals surface area (Å²) in [6.45, 7) is 2.03. The van der Waals surface area contributed by atoms with Crippen LogP contribution in [0.1, 0.15) is 27.0 Å². The van der Waals surface area contributed by atoms with Gasteiger partial charge >= 0.3 is 0 Å². The van der Waals surface area contributed by atoms with Gasteiger partial charge in [-0.3, -0.25) is 19.3 Å². The highest BCUT2D eigenvalue weighted by molar-refractivity contribution is 6.11. The molecule has 0 bridgehead atoms. The standard InChI is InChI=1S/C21H22N2O4/c1-14-8-9-18(27-3)16(10-14)12-22(2)20(25)13-23-19(24)11-15-6-4-5-7-17(15)21(23)26/h4-10H,11-13H2,1-3H3. The van der Waals surface area contributed by atoms with Gasteiger partial charge in [0.1, 0.15) is 12.3 Å². The van der Waals surface area contributed by atoms with Gasteiger partial charge in [0, 0.05) is 24.7 Å². The van der Waals surface area contributed by atoms with Crippen molar-refractivity contribution in [3.63, 3.8) is 0 Å². The fourth-order valence-electron chi connectivity index (χ4n) is 3.19. The second kappa shape index (κ2) is 7.61. The van der Waals surface area contributed by atoms with Crippen molar-refractivity contribution in [3.05, 3.63) is 64.7 Å². The van der Waals surface area contributed by atoms with Crippen LogP contribution in [0.3, 0.4) is 0 Å². The topological polar surface area (TPSA) is 66.9 Å². The summed E-state index contributed by atoms with van der Waals surface area (Å²) in [5, 5.41) is 0. The summed E-state index contributed by atoms with van der Waals surface area (Å²) in [6, 6.07) is 12.7. The molecule has 0 fully saturated rings. The van der Waals surface area contributed by atoms with E-state index < -0.39 is 5.91 Å². The van der Waals surface area contributed by atoms with Crippen molar-refractivity contribution in [2.24, 2.45) is 0 Å². The molecule has 0 N–H and O–H groups in total. The molecule has 0 spiro atoms. The minimum Gasteiger partial charge on any atom is -0.496 e. The van der Waals surface area contributed by atoms with Gasteiger partial charge in [-0.1, -0.05) is 35.9 Å². The molecule has 2 aromatic carbocycles. The molecule has 0 unspecified atom stereocenters. The van der Waals surface area contributed by atoms with E-state index in [9.17, 15) is 14.4 Å². The van der Waals surface area contributed by atoms with E-state index in [2.05, 4.69) is 0 Å². The van der Waals surface area contributed by atoms with Crippen LogP contribution >= 0.6 is 0 Å². The number of rotatable bonds is 5. The Morgan fingerprint density at radius 2 is 1.93 bits per heavy atom. The normalized spacial score (nSPS) is 13.4. The Labute approximate surface area is 158 Å². The Kier molecular flexibility index (Phi) is 5.26. The van der Waals surface area contributed by atoms with Crippen molar-refractivity contribution in [2.75, 3.05) is 20.7 Å². The Morgan fingerprint density at radius 3 is 2.67 bits per heavy atom. The number of nitrogens with zero attached hydrogens (tertiary/aromatic N) is 2. The lowest BCUT2D eigenvalue weighted by atomic mass is 9.98. The molecule has 0 atom stereocenters. The molecule has 2 aromatic rings. The molecule has 3 rings (SSSR count). The molecule has 140 valence electrons. The van der Waals surface area contributed by atoms with Crippen molar-refractivity contribution in [3.8, 4) is 5.75 Å². The van der Waals surface area contributed by atoms with Crippen LogP contribution in [-0.2, 0) is 22.6 Å². The number of methoxy groups -OCH3 is 1. The van der Waals surface area contributed by atoms with Crippen LogP contribution in [0, 0.1) is 6.92 Å². The number of ether oxygens (including phenoxy) is 1. The molecule has 1 heterocycles. The van der Waals surface area contributed by atoms with Crippen LogP contribution in [0.15, 0.2) is 42.5 Å². The van der Waals surface area contributed by atoms with Gasteiger partial charge in [-0.15, -0.1) is 0 Å². The van der Waals surface area contributed by atoms with Crippen molar-refractivity contribution in [1.29, 1.82) is 0 Å². The van der Waals surface area contributed by atoms with E-state index in [0.29, 0.717) is 23.4 Å². The zero-order valence-corrected chi connectivity index (χ0v) is 15.7. The number of hydrogen-bond donors (Lipinski definition) is 0. The maximum atomic E-state index is 12.6. The molecule has 0 aliphatic carbocycles. The smallest absolute Gasteiger partial charge is 0.261 e. The third-order valence-corrected chi connectivity index (χ3v) is 4.70. The molecule has 6 heteroatoms. The monoisotopic (exact) mass is 366 g/mol. The van der Waals surface area contributed by atoms with Crippen LogP contribution in [0.25, 0.3) is 0 Å². The SMILES string of the molecule is COc1ccc(C)cc1CN(C)C(=O)CN1C(=O)Cc2ccccc2C1=O. The summed E-state index contributed by atoms with van der Waals surface area (Å²) in [5.74, 6) is -0.385. The third-order valence-electron chi connectivity index (χ3n) is 4.70. The molecule has 27 heavy (non-hydrogen) atoms. The first-order chi connectivity index (χ1) is 12.9. The Morgan fingerprint density at radius 1 is 1.19 bits per heavy atom. The number of imide groups is 1. The maximum absolute atomic E-state index is 12.6. The number of hydrogen-bond acceptors (Lipinski definition) is 4. The summed E-state index contributed by atoms with van der Waals surface area (Å²) in [4.78, 5) is 40.1. The summed E-state index contributed by atoms with van der Waals surface area (Å²) >= 11 is 0. The summed E-state index contributed by atoms with van der Waals surface area (Å²) in [6.07, 6.45) is 0.130. The second-order valence-corrected chi connectivity index (χ2v) is 6.68. The maximum Gasteiger partial charge on any atom is 0.261 e. The van der Waals surface area contributed by atoms with Gasteiger partial charge in [-0.05, 0) is 24.6 Å². The quantitative estimate of drug-likeness (QED) is 0.761. The van der Waals surface area contributed by atoms with Gasteiger partial charge in [0.25, 0.3) is 5.91 Å². The molecular weight excluding hydrogens is 344 g/mol. The van der Waals surface area contributed by atoms with Gasteiger partial charge in [0.05, 0.1) is 13.5 Å². The first-order valence-electron chi connectivity index (χ1n) is 8.70. The lowest BCUT2D eigenvalue weighted by molar-refractivity contribution is -0.138. The molecule has 0 saturated carbocycles. The van der Waals surface area contributed by atoms with Crippen LogP contribution in [0.2, 0.25) is 0 Å². The fourth-order valence-corrected chi connectivity index (χ4v) is 3.19. The highest BCUT2D eigenvalue weighted by Gasteiger charge is 2.32. The number of aryl methyl sites for hydroxylation is 1. The number of carbonyl (C=O) groups is 3. The molecule has 0 radical (unpaired) electrons. The molecule has 1 aliphatic heterocycles. The van der Waals surface area contributed by atoms with Gasteiger partial charge in [0.2, 0.25) is 11.8 Å². The predicted molar refractivity (Wildman–Crippen MR) is 100 cm³/mol. The molecular formula is C21H22N2O4. The molecule has 0 saturated heterocycles. The lowest BCUT2D eigenvalue weighted by Gasteiger charge is -2.28. The summed E-state index contributed by atoms with van der Waals surface area (Å²) in [5.41, 5.74) is 3.11. The van der Waals surface area contributed by atoms with Gasteiger partial charge < -0.3 is 9.64 Å². The second-order valence-electron chi connectivity index (χ2n) is 6.68. The number of likely N-dealkylation sites (N-methyl/N-ethyl adjacent to an activating group) is 1. The van der Waals surface area contributed by atoms with E-state index in [1.165, 1.54) is 4.90 Å². The Bertz CT molecular complexity index is 907. The van der Waals surface area contributed by atoms with Crippen LogP contribution in [0.4, 0.5) is 0 Å². The van der Waals surface area contributed by atoms with E-state index in [4.69, 9.17) is 4.74 Å². The predicted octanol–water partition coefficient (Wildman–Crippen LogP) is 2.19. The highest BCUT2D eigenvalue weighted by Crippen LogP contribution is 2.22. The molecule has 3 amide bonds. The van der Waals surface area contributed by atoms with Crippen molar-refractivity contribution in [2.45, 2.75) is 19.9 Å². The van der Waals surface area contributed by atoms with E-state index in [0.717, 1.165) is 16.0 Å². The number of amides is 3. The van der Waals surface area contributed by atoms with Crippen molar-refractivity contribution >= 4 is 17.7 Å². The highest BCUT2D eigenvalue weighted by atomic mass is 16.5. The summed E-state index contributed by atoms with van der Waals surface area (Å²) in [7, 11) is 3.23. The van der Waals surface area contributed by atoms with E-state index in [1.54, 1.807) is 38.4 Å². The number of carbonyl (C=O) groups excluding carboxylic acids is 3. The molecule has 6 nitrogen and oxygen atoms in total. The molecule has 1 aliphatic rings. The largest absolute Gasteiger partial charge is 0.496 e. The number of benzene rings is 2. The zero-order chi connectivity index (χ0) is 19.6. The minimum absolute atomic E-state index is 0.130. The van der Waals surface area contributed by atoms with Gasteiger partial charge in [0.15, 0.2) is 0 Å². The first-order valence-corrected chi connectivity index (χ1v) is 8.70. The van der Waals surface area contributed by atoms with Crippen molar-refractivity contribution < 1.29 is 19.1 Å². The average Bonchev–Trinajstić information content (AvgIpc) is 2.65. The zero-order valence-electron chi connectivity index (χ0n) is 15.7. The number of fused-ring (bicyclic) bond motifs is 1. The van der Waals surface area contributed by atoms with Crippen LogP contribution in [-0.4, -0.2) is 48.2 Å². The third kappa shape index (κ3) is 3.84. The first kappa shape index (κ1) is 18.6. The van der Waals surface area contributed by atoms with E-state index >= 15 is 0 Å². The van der Waals surface area contributed by atoms with Crippen LogP contribution < -0.4 is 4.74 Å². The lowest BCUT2D eigenvalue weighted by Crippen LogP contribution is -2.47. The van der Waals surface area contributed by atoms with E-state index in [-0.39, 0.29) is 24.8 Å². The van der Waals surface area contributed by atoms with Gasteiger partial charge in [-0.2, -0.15) is 0 Å². The summed E-state index contributed by atoms with van der Waals surface area (Å²) < 4.78 is 5.35.